The molecular weight excluding hydrogens is 510 g/mol. The van der Waals surface area contributed by atoms with Crippen LogP contribution in [0, 0.1) is 0 Å². The van der Waals surface area contributed by atoms with Gasteiger partial charge in [-0.15, -0.1) is 0 Å². The van der Waals surface area contributed by atoms with E-state index in [2.05, 4.69) is 11.5 Å². The third kappa shape index (κ3) is 7.65. The number of Topliss-reactive ketones (excluding diaryl/α,β-unsaturated/α-hetero) is 1. The lowest BCUT2D eigenvalue weighted by molar-refractivity contribution is -0.175. The maximum atomic E-state index is 14.3. The highest BCUT2D eigenvalue weighted by atomic mass is 16.8. The fraction of sp³-hybridized carbons (Fsp3) is 0.500. The van der Waals surface area contributed by atoms with Gasteiger partial charge in [-0.1, -0.05) is 67.2 Å². The summed E-state index contributed by atoms with van der Waals surface area (Å²) in [6.07, 6.45) is -1.91. The van der Waals surface area contributed by atoms with Gasteiger partial charge in [0, 0.05) is 25.1 Å². The fourth-order valence-corrected chi connectivity index (χ4v) is 5.33. The van der Waals surface area contributed by atoms with E-state index in [-0.39, 0.29) is 24.4 Å². The summed E-state index contributed by atoms with van der Waals surface area (Å²) < 4.78 is 30.1. The Morgan fingerprint density at radius 2 is 1.50 bits per heavy atom. The van der Waals surface area contributed by atoms with Crippen molar-refractivity contribution in [3.8, 4) is 0 Å². The largest absolute Gasteiger partial charge is 0.463 e. The van der Waals surface area contributed by atoms with Crippen molar-refractivity contribution in [3.63, 3.8) is 0 Å². The molecule has 0 aromatic heterocycles. The zero-order valence-electron chi connectivity index (χ0n) is 24.1. The zero-order valence-corrected chi connectivity index (χ0v) is 24.1. The van der Waals surface area contributed by atoms with Crippen molar-refractivity contribution in [2.75, 3.05) is 13.2 Å². The van der Waals surface area contributed by atoms with Crippen molar-refractivity contribution in [1.29, 1.82) is 0 Å². The fourth-order valence-electron chi connectivity index (χ4n) is 5.33. The molecule has 0 spiro atoms. The topological polar surface area (TPSA) is 83.5 Å². The lowest BCUT2D eigenvalue weighted by Gasteiger charge is -2.37. The van der Waals surface area contributed by atoms with E-state index in [4.69, 9.17) is 23.7 Å². The highest BCUT2D eigenvalue weighted by Crippen LogP contribution is 2.39. The quantitative estimate of drug-likeness (QED) is 0.275. The van der Waals surface area contributed by atoms with Gasteiger partial charge < -0.3 is 23.7 Å². The molecular formula is C32H41NO7. The van der Waals surface area contributed by atoms with Gasteiger partial charge in [-0.25, -0.2) is 4.79 Å². The minimum atomic E-state index is -0.965. The van der Waals surface area contributed by atoms with E-state index in [1.165, 1.54) is 0 Å². The molecule has 2 aliphatic rings. The van der Waals surface area contributed by atoms with Gasteiger partial charge in [-0.3, -0.25) is 9.69 Å². The predicted octanol–water partition coefficient (Wildman–Crippen LogP) is 4.81. The van der Waals surface area contributed by atoms with Crippen LogP contribution in [0.3, 0.4) is 0 Å². The van der Waals surface area contributed by atoms with E-state index >= 15 is 0 Å². The number of carbonyl (C=O) groups is 2. The number of rotatable bonds is 12. The number of carbonyl (C=O) groups excluding carboxylic acids is 2. The molecule has 2 fully saturated rings. The van der Waals surface area contributed by atoms with Crippen LogP contribution in [0.2, 0.25) is 0 Å². The summed E-state index contributed by atoms with van der Waals surface area (Å²) in [5.41, 5.74) is 2.18. The molecule has 2 aliphatic heterocycles. The standard InChI is InChI=1S/C32H41NO7/c1-7-36-30(35)22(2)18-25(34)27(29-28(39-32(5,6)40-29)26-21-37-31(3,4)38-26)33(19-23-14-10-8-11-15-23)20-24-16-12-9-13-17-24/h8-17,26-29H,2,7,18-21H2,1,3-6H3/t26-,27-,28-,29+/m1/s1. The van der Waals surface area contributed by atoms with Crippen molar-refractivity contribution in [2.24, 2.45) is 0 Å². The van der Waals surface area contributed by atoms with Crippen LogP contribution in [0.1, 0.15) is 52.2 Å². The monoisotopic (exact) mass is 551 g/mol. The Bertz CT molecular complexity index is 1120. The van der Waals surface area contributed by atoms with Gasteiger partial charge in [0.25, 0.3) is 0 Å². The van der Waals surface area contributed by atoms with E-state index in [1.807, 2.05) is 88.4 Å². The van der Waals surface area contributed by atoms with Gasteiger partial charge in [0.1, 0.15) is 18.3 Å². The first-order chi connectivity index (χ1) is 19.0. The second-order valence-corrected chi connectivity index (χ2v) is 11.2. The van der Waals surface area contributed by atoms with Gasteiger partial charge in [0.2, 0.25) is 0 Å². The molecule has 4 atom stereocenters. The predicted molar refractivity (Wildman–Crippen MR) is 150 cm³/mol. The molecule has 0 amide bonds. The minimum absolute atomic E-state index is 0.104. The van der Waals surface area contributed by atoms with Crippen molar-refractivity contribution in [3.05, 3.63) is 83.9 Å². The Morgan fingerprint density at radius 1 is 0.925 bits per heavy atom. The van der Waals surface area contributed by atoms with E-state index in [0.717, 1.165) is 11.1 Å². The van der Waals surface area contributed by atoms with Gasteiger partial charge in [0.05, 0.1) is 19.3 Å². The zero-order chi connectivity index (χ0) is 28.9. The Labute approximate surface area is 237 Å². The molecule has 4 rings (SSSR count). The summed E-state index contributed by atoms with van der Waals surface area (Å²) in [6.45, 7) is 14.4. The van der Waals surface area contributed by atoms with Crippen molar-refractivity contribution in [2.45, 2.75) is 90.1 Å². The van der Waals surface area contributed by atoms with Crippen molar-refractivity contribution in [1.82, 2.24) is 4.90 Å². The molecule has 40 heavy (non-hydrogen) atoms. The van der Waals surface area contributed by atoms with Crippen LogP contribution in [0.15, 0.2) is 72.8 Å². The SMILES string of the molecule is C=C(CC(=O)[C@H]([C@@H]1OC(C)(C)O[C@@H]1[C@H]1COC(C)(C)O1)N(Cc1ccccc1)Cc1ccccc1)C(=O)OCC. The normalized spacial score (nSPS) is 24.1. The van der Waals surface area contributed by atoms with Crippen LogP contribution in [0.25, 0.3) is 0 Å². The number of ether oxygens (including phenoxy) is 5. The molecule has 2 aromatic rings. The highest BCUT2D eigenvalue weighted by Gasteiger charge is 2.54. The second-order valence-electron chi connectivity index (χ2n) is 11.2. The molecule has 2 saturated heterocycles. The number of hydrogen-bond donors (Lipinski definition) is 0. The third-order valence-electron chi connectivity index (χ3n) is 7.00. The van der Waals surface area contributed by atoms with Crippen LogP contribution in [-0.2, 0) is 46.4 Å². The molecule has 8 heteroatoms. The summed E-state index contributed by atoms with van der Waals surface area (Å²) in [5.74, 6) is -2.54. The van der Waals surface area contributed by atoms with E-state index in [1.54, 1.807) is 6.92 Å². The number of benzene rings is 2. The summed E-state index contributed by atoms with van der Waals surface area (Å²) in [6, 6.07) is 19.1. The minimum Gasteiger partial charge on any atom is -0.463 e. The van der Waals surface area contributed by atoms with Crippen LogP contribution in [0.4, 0.5) is 0 Å². The Kier molecular flexibility index (Phi) is 9.59. The summed E-state index contributed by atoms with van der Waals surface area (Å²) in [5, 5.41) is 0. The molecule has 0 saturated carbocycles. The maximum Gasteiger partial charge on any atom is 0.333 e. The average Bonchev–Trinajstić information content (AvgIpc) is 3.43. The van der Waals surface area contributed by atoms with Gasteiger partial charge >= 0.3 is 5.97 Å². The Balaban J connectivity index is 1.74. The highest BCUT2D eigenvalue weighted by molar-refractivity contribution is 5.97. The Hall–Kier alpha value is -2.88. The summed E-state index contributed by atoms with van der Waals surface area (Å²) >= 11 is 0. The lowest BCUT2D eigenvalue weighted by atomic mass is 9.92. The van der Waals surface area contributed by atoms with Gasteiger partial charge in [-0.2, -0.15) is 0 Å². The molecule has 0 radical (unpaired) electrons. The van der Waals surface area contributed by atoms with E-state index in [9.17, 15) is 9.59 Å². The molecule has 8 nitrogen and oxygen atoms in total. The van der Waals surface area contributed by atoms with Crippen LogP contribution < -0.4 is 0 Å². The summed E-state index contributed by atoms with van der Waals surface area (Å²) in [4.78, 5) is 28.8. The van der Waals surface area contributed by atoms with Gasteiger partial charge in [0.15, 0.2) is 17.4 Å². The number of esters is 1. The number of hydrogen-bond acceptors (Lipinski definition) is 8. The summed E-state index contributed by atoms with van der Waals surface area (Å²) in [7, 11) is 0. The molecule has 216 valence electrons. The van der Waals surface area contributed by atoms with E-state index in [0.29, 0.717) is 19.7 Å². The average molecular weight is 552 g/mol. The van der Waals surface area contributed by atoms with Crippen molar-refractivity contribution >= 4 is 11.8 Å². The second kappa shape index (κ2) is 12.7. The smallest absolute Gasteiger partial charge is 0.333 e. The van der Waals surface area contributed by atoms with Gasteiger partial charge in [-0.05, 0) is 45.7 Å². The lowest BCUT2D eigenvalue weighted by Crippen LogP contribution is -2.54. The molecule has 0 unspecified atom stereocenters. The van der Waals surface area contributed by atoms with Crippen LogP contribution in [0.5, 0.6) is 0 Å². The number of ketones is 1. The first-order valence-corrected chi connectivity index (χ1v) is 13.8. The first-order valence-electron chi connectivity index (χ1n) is 13.8. The maximum absolute atomic E-state index is 14.3. The molecule has 2 aromatic carbocycles. The molecule has 2 heterocycles. The molecule has 0 aliphatic carbocycles. The van der Waals surface area contributed by atoms with Crippen molar-refractivity contribution < 1.29 is 33.3 Å². The van der Waals surface area contributed by atoms with Crippen LogP contribution in [-0.4, -0.2) is 65.8 Å². The first kappa shape index (κ1) is 30.1. The Morgan fingerprint density at radius 3 is 2.00 bits per heavy atom. The number of nitrogens with zero attached hydrogens (tertiary/aromatic N) is 1. The third-order valence-corrected chi connectivity index (χ3v) is 7.00. The molecule has 0 bridgehead atoms. The molecule has 0 N–H and O–H groups in total. The van der Waals surface area contributed by atoms with E-state index < -0.39 is 41.9 Å². The van der Waals surface area contributed by atoms with Crippen LogP contribution >= 0.6 is 0 Å².